The highest BCUT2D eigenvalue weighted by Crippen LogP contribution is 2.89. The summed E-state index contributed by atoms with van der Waals surface area (Å²) in [5, 5.41) is 3.70. The van der Waals surface area contributed by atoms with Crippen LogP contribution in [0.1, 0.15) is 99.8 Å². The van der Waals surface area contributed by atoms with Crippen molar-refractivity contribution >= 4 is 0 Å². The number of rotatable bonds is 4. The van der Waals surface area contributed by atoms with Gasteiger partial charge in [0.05, 0.1) is 6.10 Å². The van der Waals surface area contributed by atoms with Crippen LogP contribution in [0.4, 0.5) is 0 Å². The second kappa shape index (κ2) is 8.20. The molecule has 0 aromatic carbocycles. The lowest BCUT2D eigenvalue weighted by Gasteiger charge is -2.63. The number of nitrogens with zero attached hydrogens (tertiary/aromatic N) is 1. The van der Waals surface area contributed by atoms with Crippen molar-refractivity contribution in [1.82, 2.24) is 10.2 Å². The molecule has 1 N–H and O–H groups in total. The summed E-state index contributed by atoms with van der Waals surface area (Å²) >= 11 is 0. The van der Waals surface area contributed by atoms with Crippen LogP contribution in [0.15, 0.2) is 0 Å². The van der Waals surface area contributed by atoms with E-state index >= 15 is 0 Å². The van der Waals surface area contributed by atoms with E-state index in [0.717, 1.165) is 11.8 Å². The molecule has 5 aliphatic rings. The van der Waals surface area contributed by atoms with Crippen LogP contribution in [0.2, 0.25) is 0 Å². The molecular weight excluding hydrogens is 404 g/mol. The molecule has 8 unspecified atom stereocenters. The Morgan fingerprint density at radius 1 is 0.879 bits per heavy atom. The Morgan fingerprint density at radius 2 is 1.48 bits per heavy atom. The lowest BCUT2D eigenvalue weighted by atomic mass is 9.42. The van der Waals surface area contributed by atoms with Gasteiger partial charge in [0.1, 0.15) is 0 Å². The Labute approximate surface area is 206 Å². The van der Waals surface area contributed by atoms with Crippen molar-refractivity contribution in [2.24, 2.45) is 44.8 Å². The molecule has 3 nitrogen and oxygen atoms in total. The zero-order chi connectivity index (χ0) is 24.6. The highest BCUT2D eigenvalue weighted by Gasteiger charge is 2.82. The van der Waals surface area contributed by atoms with Crippen LogP contribution < -0.4 is 5.32 Å². The molecule has 2 spiro atoms. The Hall–Kier alpha value is -0.120. The summed E-state index contributed by atoms with van der Waals surface area (Å²) in [7, 11) is 8.71. The number of hydrogen-bond donors (Lipinski definition) is 1. The first kappa shape index (κ1) is 26.0. The monoisotopic (exact) mass is 460 g/mol. The Bertz CT molecular complexity index is 735. The average Bonchev–Trinajstić information content (AvgIpc) is 3.38. The van der Waals surface area contributed by atoms with Gasteiger partial charge in [-0.1, -0.05) is 41.5 Å². The van der Waals surface area contributed by atoms with Gasteiger partial charge < -0.3 is 15.0 Å². The maximum absolute atomic E-state index is 6.28. The van der Waals surface area contributed by atoms with E-state index in [1.165, 1.54) is 51.4 Å². The van der Waals surface area contributed by atoms with Gasteiger partial charge in [0.2, 0.25) is 0 Å². The second-order valence-electron chi connectivity index (χ2n) is 13.9. The van der Waals surface area contributed by atoms with E-state index in [-0.39, 0.29) is 0 Å². The highest BCUT2D eigenvalue weighted by atomic mass is 16.5. The molecule has 0 radical (unpaired) electrons. The van der Waals surface area contributed by atoms with Gasteiger partial charge in [-0.15, -0.1) is 0 Å². The normalized spacial score (nSPS) is 52.5. The van der Waals surface area contributed by atoms with E-state index in [0.29, 0.717) is 51.2 Å². The molecule has 0 aromatic rings. The second-order valence-corrected chi connectivity index (χ2v) is 13.9. The number of ether oxygens (including phenoxy) is 1. The van der Waals surface area contributed by atoms with Crippen LogP contribution in [-0.4, -0.2) is 51.3 Å². The minimum atomic E-state index is 0.390. The molecule has 5 rings (SSSR count). The maximum Gasteiger partial charge on any atom is 0.0625 e. The van der Waals surface area contributed by atoms with Crippen LogP contribution in [-0.2, 0) is 4.74 Å². The first-order valence-corrected chi connectivity index (χ1v) is 14.3. The number of nitrogens with one attached hydrogen (secondary N) is 1. The Balaban J connectivity index is 0.00000126. The molecule has 192 valence electrons. The molecule has 5 aliphatic carbocycles. The van der Waals surface area contributed by atoms with Crippen molar-refractivity contribution in [1.29, 1.82) is 0 Å². The summed E-state index contributed by atoms with van der Waals surface area (Å²) in [6, 6.07) is 1.26. The number of fused-ring (bicyclic) bond motifs is 2. The van der Waals surface area contributed by atoms with Gasteiger partial charge in [0, 0.05) is 25.1 Å². The van der Waals surface area contributed by atoms with Crippen molar-refractivity contribution in [2.75, 3.05) is 28.3 Å². The van der Waals surface area contributed by atoms with E-state index in [1.807, 2.05) is 21.0 Å². The van der Waals surface area contributed by atoms with Gasteiger partial charge in [-0.2, -0.15) is 0 Å². The standard InChI is InChI=1S/C28H50N2O.C2H6/c1-18(30(7)8)23-19(31-9)16-26(5)21-11-10-20-24(2,3)22(29-6)12-13-27(20)17-28(21,27)15-14-25(23,26)4;1-2/h18-23,29H,10-17H2,1-9H3;1-2H3/t18?,19-,20?,21?,22?,23?,25?,26+,27?,28?;/m1./s1. The summed E-state index contributed by atoms with van der Waals surface area (Å²) in [4.78, 5) is 2.45. The van der Waals surface area contributed by atoms with Crippen molar-refractivity contribution < 1.29 is 4.74 Å². The summed E-state index contributed by atoms with van der Waals surface area (Å²) in [6.45, 7) is 17.0. The fourth-order valence-corrected chi connectivity index (χ4v) is 11.4. The van der Waals surface area contributed by atoms with Crippen LogP contribution in [0.5, 0.6) is 0 Å². The predicted octanol–water partition coefficient (Wildman–Crippen LogP) is 6.61. The minimum absolute atomic E-state index is 0.390. The zero-order valence-corrected chi connectivity index (χ0v) is 24.0. The highest BCUT2D eigenvalue weighted by molar-refractivity contribution is 5.31. The van der Waals surface area contributed by atoms with Gasteiger partial charge in [-0.3, -0.25) is 0 Å². The third-order valence-electron chi connectivity index (χ3n) is 13.2. The number of methoxy groups -OCH3 is 1. The smallest absolute Gasteiger partial charge is 0.0625 e. The SMILES string of the molecule is CC.CNC1CCC23CC24CCC2(C)C(C(C)N(C)C)[C@H](OC)C[C@@]2(C)C4CCC3C1(C)C. The molecule has 0 heterocycles. The molecule has 10 atom stereocenters. The fraction of sp³-hybridized carbons (Fsp3) is 1.00. The van der Waals surface area contributed by atoms with Crippen LogP contribution >= 0.6 is 0 Å². The van der Waals surface area contributed by atoms with Gasteiger partial charge in [0.15, 0.2) is 0 Å². The average molecular weight is 461 g/mol. The number of hydrogen-bond acceptors (Lipinski definition) is 3. The molecule has 0 aromatic heterocycles. The van der Waals surface area contributed by atoms with E-state index in [4.69, 9.17) is 4.74 Å². The van der Waals surface area contributed by atoms with Crippen molar-refractivity contribution in [3.63, 3.8) is 0 Å². The molecule has 3 heteroatoms. The van der Waals surface area contributed by atoms with Crippen molar-refractivity contribution in [3.8, 4) is 0 Å². The summed E-state index contributed by atoms with van der Waals surface area (Å²) < 4.78 is 6.28. The first-order valence-electron chi connectivity index (χ1n) is 14.3. The summed E-state index contributed by atoms with van der Waals surface area (Å²) in [5.41, 5.74) is 2.51. The van der Waals surface area contributed by atoms with Crippen molar-refractivity contribution in [3.05, 3.63) is 0 Å². The van der Waals surface area contributed by atoms with Crippen molar-refractivity contribution in [2.45, 2.75) is 118 Å². The Kier molecular flexibility index (Phi) is 6.45. The van der Waals surface area contributed by atoms with E-state index < -0.39 is 0 Å². The molecule has 0 aliphatic heterocycles. The zero-order valence-electron chi connectivity index (χ0n) is 24.0. The fourth-order valence-electron chi connectivity index (χ4n) is 11.4. The van der Waals surface area contributed by atoms with Crippen LogP contribution in [0, 0.1) is 44.8 Å². The third-order valence-corrected chi connectivity index (χ3v) is 13.2. The summed E-state index contributed by atoms with van der Waals surface area (Å²) in [6.07, 6.45) is 11.9. The largest absolute Gasteiger partial charge is 0.381 e. The van der Waals surface area contributed by atoms with Crippen LogP contribution in [0.25, 0.3) is 0 Å². The molecule has 5 fully saturated rings. The van der Waals surface area contributed by atoms with Gasteiger partial charge in [0.25, 0.3) is 0 Å². The van der Waals surface area contributed by atoms with Crippen LogP contribution in [0.3, 0.4) is 0 Å². The van der Waals surface area contributed by atoms with Gasteiger partial charge >= 0.3 is 0 Å². The summed E-state index contributed by atoms with van der Waals surface area (Å²) in [5.74, 6) is 2.44. The van der Waals surface area contributed by atoms with Gasteiger partial charge in [-0.25, -0.2) is 0 Å². The molecule has 0 amide bonds. The maximum atomic E-state index is 6.28. The van der Waals surface area contributed by atoms with E-state index in [1.54, 1.807) is 0 Å². The lowest BCUT2D eigenvalue weighted by molar-refractivity contribution is -0.146. The predicted molar refractivity (Wildman–Crippen MR) is 140 cm³/mol. The van der Waals surface area contributed by atoms with E-state index in [2.05, 4.69) is 66.0 Å². The third kappa shape index (κ3) is 3.03. The molecule has 5 saturated carbocycles. The Morgan fingerprint density at radius 3 is 2.06 bits per heavy atom. The molecule has 0 saturated heterocycles. The first-order chi connectivity index (χ1) is 15.4. The molecule has 33 heavy (non-hydrogen) atoms. The van der Waals surface area contributed by atoms with E-state index in [9.17, 15) is 0 Å². The molecule has 0 bridgehead atoms. The molecular formula is C30H56N2O. The minimum Gasteiger partial charge on any atom is -0.381 e. The quantitative estimate of drug-likeness (QED) is 0.510. The van der Waals surface area contributed by atoms with Gasteiger partial charge in [-0.05, 0) is 118 Å². The lowest BCUT2D eigenvalue weighted by Crippen LogP contribution is -2.59. The topological polar surface area (TPSA) is 24.5 Å².